The van der Waals surface area contributed by atoms with E-state index in [1.54, 1.807) is 6.92 Å². The van der Waals surface area contributed by atoms with Crippen LogP contribution in [0.15, 0.2) is 23.8 Å². The van der Waals surface area contributed by atoms with Gasteiger partial charge in [-0.15, -0.1) is 11.3 Å². The normalized spacial score (nSPS) is 16.5. The van der Waals surface area contributed by atoms with Crippen molar-refractivity contribution in [2.75, 3.05) is 31.7 Å². The van der Waals surface area contributed by atoms with Gasteiger partial charge in [0.25, 0.3) is 0 Å². The molecule has 0 spiro atoms. The summed E-state index contributed by atoms with van der Waals surface area (Å²) in [4.78, 5) is 53.5. The Balaban J connectivity index is 1.39. The molecule has 11 nitrogen and oxygen atoms in total. The van der Waals surface area contributed by atoms with Crippen LogP contribution in [0.2, 0.25) is 0 Å². The molecule has 3 aliphatic carbocycles. The molecule has 2 amide bonds. The number of halogens is 3. The minimum atomic E-state index is -4.78. The van der Waals surface area contributed by atoms with Crippen LogP contribution >= 0.6 is 11.3 Å². The lowest BCUT2D eigenvalue weighted by atomic mass is 9.97. The topological polar surface area (TPSA) is 142 Å². The second-order valence-electron chi connectivity index (χ2n) is 15.9. The zero-order chi connectivity index (χ0) is 40.9. The highest BCUT2D eigenvalue weighted by Crippen LogP contribution is 2.44. The van der Waals surface area contributed by atoms with Crippen LogP contribution in [0.4, 0.5) is 23.8 Å². The van der Waals surface area contributed by atoms with Crippen molar-refractivity contribution < 1.29 is 41.8 Å². The summed E-state index contributed by atoms with van der Waals surface area (Å²) < 4.78 is 59.9. The van der Waals surface area contributed by atoms with Crippen LogP contribution in [-0.4, -0.2) is 59.3 Å². The van der Waals surface area contributed by atoms with E-state index in [2.05, 4.69) is 25.6 Å². The molecule has 0 aromatic carbocycles. The van der Waals surface area contributed by atoms with Crippen molar-refractivity contribution in [2.45, 2.75) is 129 Å². The Morgan fingerprint density at radius 3 is 1.90 bits per heavy atom. The van der Waals surface area contributed by atoms with Crippen molar-refractivity contribution >= 4 is 35.1 Å². The van der Waals surface area contributed by atoms with Crippen molar-refractivity contribution in [3.05, 3.63) is 40.7 Å². The van der Waals surface area contributed by atoms with Gasteiger partial charge in [0.2, 0.25) is 5.88 Å². The third-order valence-electron chi connectivity index (χ3n) is 11.6. The average molecular weight is 828 g/mol. The van der Waals surface area contributed by atoms with Gasteiger partial charge in [-0.2, -0.15) is 13.2 Å². The Kier molecular flexibility index (Phi) is 15.8. The molecule has 3 saturated carbocycles. The Bertz CT molecular complexity index is 1840. The third-order valence-corrected chi connectivity index (χ3v) is 12.5. The summed E-state index contributed by atoms with van der Waals surface area (Å²) in [7, 11) is 0. The number of nitrogens with one attached hydrogen (secondary N) is 2. The first-order valence-corrected chi connectivity index (χ1v) is 22.1. The zero-order valence-electron chi connectivity index (χ0n) is 33.4. The first-order valence-electron chi connectivity index (χ1n) is 21.2. The van der Waals surface area contributed by atoms with E-state index in [0.29, 0.717) is 42.1 Å². The number of urea groups is 1. The van der Waals surface area contributed by atoms with Crippen molar-refractivity contribution in [3.8, 4) is 27.6 Å². The average Bonchev–Trinajstić information content (AvgIpc) is 4.06. The Hall–Kier alpha value is -4.27. The fourth-order valence-electron chi connectivity index (χ4n) is 8.60. The molecule has 0 saturated heterocycles. The van der Waals surface area contributed by atoms with Crippen LogP contribution in [0.5, 0.6) is 5.88 Å². The van der Waals surface area contributed by atoms with Crippen LogP contribution in [0.3, 0.4) is 0 Å². The molecule has 3 aromatic heterocycles. The van der Waals surface area contributed by atoms with E-state index in [0.717, 1.165) is 50.3 Å². The molecular formula is C43H56F3N5O6S. The lowest BCUT2D eigenvalue weighted by Crippen LogP contribution is -2.30. The number of hydrogen-bond acceptors (Lipinski definition) is 10. The van der Waals surface area contributed by atoms with E-state index >= 15 is 0 Å². The maximum atomic E-state index is 14.2. The van der Waals surface area contributed by atoms with Crippen LogP contribution in [-0.2, 0) is 15.7 Å². The largest absolute Gasteiger partial charge is 0.477 e. The van der Waals surface area contributed by atoms with E-state index in [1.165, 1.54) is 82.7 Å². The van der Waals surface area contributed by atoms with Crippen molar-refractivity contribution in [2.24, 2.45) is 17.8 Å². The van der Waals surface area contributed by atoms with E-state index in [-0.39, 0.29) is 64.3 Å². The molecule has 58 heavy (non-hydrogen) atoms. The zero-order valence-corrected chi connectivity index (χ0v) is 34.2. The van der Waals surface area contributed by atoms with Gasteiger partial charge in [-0.1, -0.05) is 77.0 Å². The molecule has 0 bridgehead atoms. The lowest BCUT2D eigenvalue weighted by molar-refractivity contribution is -0.140. The van der Waals surface area contributed by atoms with Gasteiger partial charge in [-0.05, 0) is 69.3 Å². The van der Waals surface area contributed by atoms with Gasteiger partial charge in [0.15, 0.2) is 5.69 Å². The number of pyridine rings is 2. The van der Waals surface area contributed by atoms with Gasteiger partial charge in [-0.25, -0.2) is 29.3 Å². The first kappa shape index (κ1) is 43.3. The minimum Gasteiger partial charge on any atom is -0.477 e. The number of rotatable bonds is 19. The molecule has 3 heterocycles. The maximum Gasteiger partial charge on any atom is 0.434 e. The summed E-state index contributed by atoms with van der Waals surface area (Å²) in [6.45, 7) is 2.56. The van der Waals surface area contributed by atoms with Gasteiger partial charge < -0.3 is 19.5 Å². The number of ether oxygens (including phenoxy) is 3. The van der Waals surface area contributed by atoms with Gasteiger partial charge in [-0.3, -0.25) is 5.32 Å². The highest BCUT2D eigenvalue weighted by Gasteiger charge is 2.36. The molecular weight excluding hydrogens is 772 g/mol. The number of aromatic nitrogens is 3. The van der Waals surface area contributed by atoms with E-state index in [1.807, 2.05) is 0 Å². The lowest BCUT2D eigenvalue weighted by Gasteiger charge is -2.19. The molecule has 3 fully saturated rings. The number of amides is 2. The molecule has 6 rings (SSSR count). The van der Waals surface area contributed by atoms with Gasteiger partial charge in [0, 0.05) is 41.0 Å². The fraction of sp³-hybridized carbons (Fsp3) is 0.628. The Morgan fingerprint density at radius 2 is 1.34 bits per heavy atom. The SMILES string of the molecule is CCNC(=O)Nc1ncc(-c2cc(C(=O)OCCCC3CCCC3)cnc2OCCCC2CCCC2)c(-c2nc(C(F)(F)F)cs2)c1C(=O)OCCCC1CCCC1. The summed E-state index contributed by atoms with van der Waals surface area (Å²) in [5, 5.41) is 5.88. The smallest absolute Gasteiger partial charge is 0.434 e. The quantitative estimate of drug-likeness (QED) is 0.0892. The van der Waals surface area contributed by atoms with Crippen LogP contribution in [0, 0.1) is 17.8 Å². The number of hydrogen-bond donors (Lipinski definition) is 2. The highest BCUT2D eigenvalue weighted by molar-refractivity contribution is 7.13. The summed E-state index contributed by atoms with van der Waals surface area (Å²) in [6.07, 6.45) is 17.0. The summed E-state index contributed by atoms with van der Waals surface area (Å²) >= 11 is 0.681. The van der Waals surface area contributed by atoms with Gasteiger partial charge in [0.1, 0.15) is 16.4 Å². The number of carbonyl (C=O) groups is 3. The molecule has 2 N–H and O–H groups in total. The summed E-state index contributed by atoms with van der Waals surface area (Å²) in [6, 6.07) is 0.829. The van der Waals surface area contributed by atoms with Crippen molar-refractivity contribution in [1.29, 1.82) is 0 Å². The maximum absolute atomic E-state index is 14.2. The summed E-state index contributed by atoms with van der Waals surface area (Å²) in [5.74, 6) is 0.191. The molecule has 3 aromatic rings. The molecule has 0 atom stereocenters. The van der Waals surface area contributed by atoms with Crippen molar-refractivity contribution in [3.63, 3.8) is 0 Å². The number of carbonyl (C=O) groups excluding carboxylic acids is 3. The molecule has 3 aliphatic rings. The standard InChI is InChI=1S/C43H56F3N5O6S/c1-2-47-42(54)51-37-36(41(53)57-23-11-20-30-16-7-8-17-30)35(39-50-34(27-58-39)43(44,45)46)33(26-48-37)32-24-31(40(52)56-22-10-19-29-14-5-6-15-29)25-49-38(32)55-21-9-18-28-12-3-4-13-28/h24-30H,2-23H2,1H3,(H2,47,48,51,54). The highest BCUT2D eigenvalue weighted by atomic mass is 32.1. The molecule has 316 valence electrons. The number of anilines is 1. The minimum absolute atomic E-state index is 0.0598. The molecule has 0 aliphatic heterocycles. The first-order chi connectivity index (χ1) is 28.1. The van der Waals surface area contributed by atoms with Crippen molar-refractivity contribution in [1.82, 2.24) is 20.3 Å². The van der Waals surface area contributed by atoms with Crippen LogP contribution in [0.1, 0.15) is 149 Å². The second kappa shape index (κ2) is 21.1. The predicted molar refractivity (Wildman–Crippen MR) is 216 cm³/mol. The monoisotopic (exact) mass is 827 g/mol. The number of alkyl halides is 3. The predicted octanol–water partition coefficient (Wildman–Crippen LogP) is 11.0. The molecule has 0 unspecified atom stereocenters. The molecule has 0 radical (unpaired) electrons. The Morgan fingerprint density at radius 1 is 0.776 bits per heavy atom. The third kappa shape index (κ3) is 11.9. The Labute approximate surface area is 342 Å². The number of esters is 2. The summed E-state index contributed by atoms with van der Waals surface area (Å²) in [5.41, 5.74) is -1.08. The number of thiazole rings is 1. The molecule has 15 heteroatoms. The fourth-order valence-corrected chi connectivity index (χ4v) is 9.49. The van der Waals surface area contributed by atoms with Crippen LogP contribution in [0.25, 0.3) is 21.7 Å². The van der Waals surface area contributed by atoms with E-state index < -0.39 is 29.8 Å². The van der Waals surface area contributed by atoms with E-state index in [9.17, 15) is 27.6 Å². The number of nitrogens with zero attached hydrogens (tertiary/aromatic N) is 3. The van der Waals surface area contributed by atoms with E-state index in [4.69, 9.17) is 14.2 Å². The second-order valence-corrected chi connectivity index (χ2v) is 16.7. The van der Waals surface area contributed by atoms with Gasteiger partial charge >= 0.3 is 24.1 Å². The van der Waals surface area contributed by atoms with Crippen LogP contribution < -0.4 is 15.4 Å². The van der Waals surface area contributed by atoms with Gasteiger partial charge in [0.05, 0.1) is 25.4 Å².